The Labute approximate surface area is 190 Å². The van der Waals surface area contributed by atoms with Gasteiger partial charge in [-0.25, -0.2) is 4.98 Å². The molecular formula is C26H23BrN2O2. The highest BCUT2D eigenvalue weighted by Crippen LogP contribution is 2.29. The number of benzene rings is 3. The SMILES string of the molecule is CC(CCc1ccccc1)NC(=O)c1ccccc1-c1ncc(-c2ccc(Br)cc2)o1. The number of hydrogen-bond acceptors (Lipinski definition) is 3. The summed E-state index contributed by atoms with van der Waals surface area (Å²) in [5.74, 6) is 0.967. The Bertz CT molecular complexity index is 1150. The summed E-state index contributed by atoms with van der Waals surface area (Å²) in [4.78, 5) is 17.4. The van der Waals surface area contributed by atoms with Crippen molar-refractivity contribution in [2.24, 2.45) is 0 Å². The maximum atomic E-state index is 13.0. The van der Waals surface area contributed by atoms with Crippen molar-refractivity contribution in [1.29, 1.82) is 0 Å². The second-order valence-corrected chi connectivity index (χ2v) is 8.40. The first-order valence-electron chi connectivity index (χ1n) is 10.3. The number of rotatable bonds is 7. The number of nitrogens with zero attached hydrogens (tertiary/aromatic N) is 1. The first kappa shape index (κ1) is 21.1. The van der Waals surface area contributed by atoms with Gasteiger partial charge >= 0.3 is 0 Å². The van der Waals surface area contributed by atoms with Crippen LogP contribution in [-0.4, -0.2) is 16.9 Å². The van der Waals surface area contributed by atoms with E-state index in [4.69, 9.17) is 4.42 Å². The average Bonchev–Trinajstić information content (AvgIpc) is 3.29. The maximum Gasteiger partial charge on any atom is 0.252 e. The van der Waals surface area contributed by atoms with Gasteiger partial charge < -0.3 is 9.73 Å². The molecule has 4 aromatic rings. The van der Waals surface area contributed by atoms with Crippen LogP contribution in [0.5, 0.6) is 0 Å². The van der Waals surface area contributed by atoms with Crippen LogP contribution in [0.2, 0.25) is 0 Å². The van der Waals surface area contributed by atoms with E-state index in [1.807, 2.05) is 67.6 Å². The Morgan fingerprint density at radius 3 is 2.48 bits per heavy atom. The molecule has 0 aliphatic rings. The molecule has 0 fully saturated rings. The molecule has 0 bridgehead atoms. The van der Waals surface area contributed by atoms with E-state index >= 15 is 0 Å². The summed E-state index contributed by atoms with van der Waals surface area (Å²) in [6.07, 6.45) is 3.47. The number of hydrogen-bond donors (Lipinski definition) is 1. The molecule has 0 aliphatic heterocycles. The van der Waals surface area contributed by atoms with Crippen LogP contribution in [0.1, 0.15) is 29.3 Å². The molecule has 4 nitrogen and oxygen atoms in total. The summed E-state index contributed by atoms with van der Waals surface area (Å²) >= 11 is 3.44. The predicted molar refractivity (Wildman–Crippen MR) is 127 cm³/mol. The smallest absolute Gasteiger partial charge is 0.252 e. The van der Waals surface area contributed by atoms with Crippen molar-refractivity contribution in [3.63, 3.8) is 0 Å². The molecular weight excluding hydrogens is 452 g/mol. The van der Waals surface area contributed by atoms with E-state index < -0.39 is 0 Å². The molecule has 1 unspecified atom stereocenters. The molecule has 3 aromatic carbocycles. The highest BCUT2D eigenvalue weighted by atomic mass is 79.9. The standard InChI is InChI=1S/C26H23BrN2O2/c1-18(11-12-19-7-3-2-4-8-19)29-25(30)22-9-5-6-10-23(22)26-28-17-24(31-26)20-13-15-21(27)16-14-20/h2-10,13-18H,11-12H2,1H3,(H,29,30). The van der Waals surface area contributed by atoms with Crippen LogP contribution < -0.4 is 5.32 Å². The molecule has 0 spiro atoms. The van der Waals surface area contributed by atoms with Crippen molar-refractivity contribution in [2.75, 3.05) is 0 Å². The van der Waals surface area contributed by atoms with Crippen LogP contribution in [-0.2, 0) is 6.42 Å². The van der Waals surface area contributed by atoms with Crippen molar-refractivity contribution in [1.82, 2.24) is 10.3 Å². The molecule has 0 saturated carbocycles. The van der Waals surface area contributed by atoms with Gasteiger partial charge in [-0.1, -0.05) is 70.5 Å². The van der Waals surface area contributed by atoms with E-state index in [0.717, 1.165) is 22.9 Å². The number of aromatic nitrogens is 1. The minimum absolute atomic E-state index is 0.0450. The summed E-state index contributed by atoms with van der Waals surface area (Å²) in [5, 5.41) is 3.11. The molecule has 0 aliphatic carbocycles. The number of halogens is 1. The highest BCUT2D eigenvalue weighted by Gasteiger charge is 2.18. The summed E-state index contributed by atoms with van der Waals surface area (Å²) in [6, 6.07) is 25.6. The molecule has 1 aromatic heterocycles. The van der Waals surface area contributed by atoms with Gasteiger partial charge in [-0.2, -0.15) is 0 Å². The lowest BCUT2D eigenvalue weighted by Crippen LogP contribution is -2.33. The van der Waals surface area contributed by atoms with Crippen molar-refractivity contribution in [2.45, 2.75) is 25.8 Å². The fourth-order valence-corrected chi connectivity index (χ4v) is 3.68. The van der Waals surface area contributed by atoms with Gasteiger partial charge in [-0.05, 0) is 49.6 Å². The Balaban J connectivity index is 1.48. The van der Waals surface area contributed by atoms with Crippen LogP contribution in [0.3, 0.4) is 0 Å². The monoisotopic (exact) mass is 474 g/mol. The third-order valence-electron chi connectivity index (χ3n) is 5.12. The molecule has 1 heterocycles. The minimum atomic E-state index is -0.125. The van der Waals surface area contributed by atoms with Gasteiger partial charge in [0.2, 0.25) is 5.89 Å². The van der Waals surface area contributed by atoms with Gasteiger partial charge in [-0.15, -0.1) is 0 Å². The zero-order valence-corrected chi connectivity index (χ0v) is 18.8. The third kappa shape index (κ3) is 5.30. The van der Waals surface area contributed by atoms with Gasteiger partial charge in [0.15, 0.2) is 5.76 Å². The Morgan fingerprint density at radius 1 is 1.00 bits per heavy atom. The van der Waals surface area contributed by atoms with E-state index in [1.165, 1.54) is 5.56 Å². The van der Waals surface area contributed by atoms with E-state index in [-0.39, 0.29) is 11.9 Å². The van der Waals surface area contributed by atoms with Crippen molar-refractivity contribution in [3.8, 4) is 22.8 Å². The van der Waals surface area contributed by atoms with Gasteiger partial charge in [0.05, 0.1) is 11.8 Å². The molecule has 1 N–H and O–H groups in total. The lowest BCUT2D eigenvalue weighted by molar-refractivity contribution is 0.0939. The maximum absolute atomic E-state index is 13.0. The van der Waals surface area contributed by atoms with Crippen LogP contribution >= 0.6 is 15.9 Å². The summed E-state index contributed by atoms with van der Waals surface area (Å²) < 4.78 is 6.99. The number of carbonyl (C=O) groups excluding carboxylic acids is 1. The van der Waals surface area contributed by atoms with Crippen LogP contribution in [0.4, 0.5) is 0 Å². The number of carbonyl (C=O) groups is 1. The molecule has 0 radical (unpaired) electrons. The minimum Gasteiger partial charge on any atom is -0.436 e. The normalized spacial score (nSPS) is 11.8. The first-order valence-corrected chi connectivity index (χ1v) is 11.1. The molecule has 31 heavy (non-hydrogen) atoms. The van der Waals surface area contributed by atoms with Gasteiger partial charge in [0, 0.05) is 21.6 Å². The van der Waals surface area contributed by atoms with E-state index in [0.29, 0.717) is 22.8 Å². The summed E-state index contributed by atoms with van der Waals surface area (Å²) in [7, 11) is 0. The summed E-state index contributed by atoms with van der Waals surface area (Å²) in [6.45, 7) is 2.03. The zero-order chi connectivity index (χ0) is 21.6. The topological polar surface area (TPSA) is 55.1 Å². The number of amides is 1. The van der Waals surface area contributed by atoms with Crippen LogP contribution in [0.15, 0.2) is 93.9 Å². The van der Waals surface area contributed by atoms with Gasteiger partial charge in [0.1, 0.15) is 0 Å². The number of nitrogens with one attached hydrogen (secondary N) is 1. The Hall–Kier alpha value is -3.18. The molecule has 5 heteroatoms. The largest absolute Gasteiger partial charge is 0.436 e. The van der Waals surface area contributed by atoms with Gasteiger partial charge in [-0.3, -0.25) is 4.79 Å². The van der Waals surface area contributed by atoms with E-state index in [1.54, 1.807) is 12.3 Å². The lowest BCUT2D eigenvalue weighted by Gasteiger charge is -2.15. The number of oxazole rings is 1. The van der Waals surface area contributed by atoms with Gasteiger partial charge in [0.25, 0.3) is 5.91 Å². The van der Waals surface area contributed by atoms with Crippen molar-refractivity contribution < 1.29 is 9.21 Å². The summed E-state index contributed by atoms with van der Waals surface area (Å²) in [5.41, 5.74) is 3.43. The zero-order valence-electron chi connectivity index (χ0n) is 17.2. The quantitative estimate of drug-likeness (QED) is 0.331. The second kappa shape index (κ2) is 9.75. The van der Waals surface area contributed by atoms with Crippen LogP contribution in [0, 0.1) is 0 Å². The average molecular weight is 475 g/mol. The van der Waals surface area contributed by atoms with E-state index in [9.17, 15) is 4.79 Å². The predicted octanol–water partition coefficient (Wildman–Crippen LogP) is 6.52. The van der Waals surface area contributed by atoms with Crippen LogP contribution in [0.25, 0.3) is 22.8 Å². The molecule has 1 atom stereocenters. The second-order valence-electron chi connectivity index (χ2n) is 7.48. The molecule has 0 saturated heterocycles. The fraction of sp³-hybridized carbons (Fsp3) is 0.154. The van der Waals surface area contributed by atoms with Crippen molar-refractivity contribution in [3.05, 3.63) is 101 Å². The fourth-order valence-electron chi connectivity index (χ4n) is 3.42. The number of aryl methyl sites for hydroxylation is 1. The molecule has 4 rings (SSSR count). The Kier molecular flexibility index (Phi) is 6.63. The molecule has 156 valence electrons. The Morgan fingerprint density at radius 2 is 1.71 bits per heavy atom. The molecule has 1 amide bonds. The lowest BCUT2D eigenvalue weighted by atomic mass is 10.0. The van der Waals surface area contributed by atoms with Crippen molar-refractivity contribution >= 4 is 21.8 Å². The highest BCUT2D eigenvalue weighted by molar-refractivity contribution is 9.10. The van der Waals surface area contributed by atoms with E-state index in [2.05, 4.69) is 38.4 Å². The third-order valence-corrected chi connectivity index (χ3v) is 5.65. The first-order chi connectivity index (χ1) is 15.1.